The molecule has 16 heavy (non-hydrogen) atoms. The maximum atomic E-state index is 5.30. The van der Waals surface area contributed by atoms with Crippen LogP contribution in [-0.2, 0) is 6.42 Å². The average molecular weight is 330 g/mol. The summed E-state index contributed by atoms with van der Waals surface area (Å²) in [5.74, 6) is 0.999. The van der Waals surface area contributed by atoms with E-state index in [2.05, 4.69) is 45.0 Å². The number of benzene rings is 1. The van der Waals surface area contributed by atoms with Crippen LogP contribution in [0.5, 0.6) is 5.75 Å². The van der Waals surface area contributed by atoms with Crippen molar-refractivity contribution in [2.24, 2.45) is 5.41 Å². The van der Waals surface area contributed by atoms with Crippen LogP contribution >= 0.6 is 0 Å². The molecule has 0 aliphatic carbocycles. The minimum atomic E-state index is -0.197. The molecule has 2 rings (SSSR count). The Kier molecular flexibility index (Phi) is 3.33. The molecule has 0 fully saturated rings. The second kappa shape index (κ2) is 4.43. The Balaban J connectivity index is 2.31. The van der Waals surface area contributed by atoms with Gasteiger partial charge in [0, 0.05) is 0 Å². The first-order chi connectivity index (χ1) is 7.50. The molecular formula is C14H18OTe. The standard InChI is InChI=1S/C14H18OTe/c1-14(2,3)13-8-6-10-5-7-11(15-4)9-12(10)16-13/h5,7-9H,6H2,1-4H3. The Bertz CT molecular complexity index is 427. The number of fused-ring (bicyclic) bond motifs is 1. The topological polar surface area (TPSA) is 9.23 Å². The van der Waals surface area contributed by atoms with E-state index in [1.54, 1.807) is 14.3 Å². The summed E-state index contributed by atoms with van der Waals surface area (Å²) in [6, 6.07) is 6.52. The zero-order valence-corrected chi connectivity index (χ0v) is 12.7. The van der Waals surface area contributed by atoms with Crippen LogP contribution in [0.25, 0.3) is 0 Å². The molecule has 0 amide bonds. The number of hydrogen-bond acceptors (Lipinski definition) is 1. The van der Waals surface area contributed by atoms with Gasteiger partial charge in [0.25, 0.3) is 0 Å². The van der Waals surface area contributed by atoms with Crippen molar-refractivity contribution in [1.82, 2.24) is 0 Å². The van der Waals surface area contributed by atoms with Crippen LogP contribution < -0.4 is 8.35 Å². The van der Waals surface area contributed by atoms with E-state index in [-0.39, 0.29) is 20.9 Å². The van der Waals surface area contributed by atoms with Crippen LogP contribution in [0.3, 0.4) is 0 Å². The summed E-state index contributed by atoms with van der Waals surface area (Å²) < 4.78 is 8.52. The quantitative estimate of drug-likeness (QED) is 0.719. The third-order valence-corrected chi connectivity index (χ3v) is 7.30. The zero-order valence-electron chi connectivity index (χ0n) is 10.3. The molecule has 1 aliphatic heterocycles. The van der Waals surface area contributed by atoms with Crippen molar-refractivity contribution >= 4 is 24.5 Å². The Morgan fingerprint density at radius 1 is 1.25 bits per heavy atom. The number of allylic oxidation sites excluding steroid dienone is 2. The molecule has 2 heteroatoms. The van der Waals surface area contributed by atoms with Crippen LogP contribution in [-0.4, -0.2) is 28.0 Å². The van der Waals surface area contributed by atoms with Gasteiger partial charge in [-0.05, 0) is 0 Å². The van der Waals surface area contributed by atoms with Crippen LogP contribution in [0.15, 0.2) is 27.9 Å². The van der Waals surface area contributed by atoms with E-state index in [0.717, 1.165) is 12.2 Å². The first-order valence-corrected chi connectivity index (χ1v) is 7.89. The minimum absolute atomic E-state index is 0.197. The van der Waals surface area contributed by atoms with E-state index in [4.69, 9.17) is 4.74 Å². The third-order valence-electron chi connectivity index (χ3n) is 2.74. The molecule has 1 nitrogen and oxygen atoms in total. The van der Waals surface area contributed by atoms with Crippen LogP contribution in [0.2, 0.25) is 0 Å². The van der Waals surface area contributed by atoms with Crippen molar-refractivity contribution < 1.29 is 4.74 Å². The summed E-state index contributed by atoms with van der Waals surface area (Å²) in [6.07, 6.45) is 3.54. The molecule has 0 saturated carbocycles. The summed E-state index contributed by atoms with van der Waals surface area (Å²) in [5, 5.41) is 0. The van der Waals surface area contributed by atoms with Gasteiger partial charge in [-0.3, -0.25) is 0 Å². The molecule has 0 unspecified atom stereocenters. The van der Waals surface area contributed by atoms with Crippen molar-refractivity contribution in [2.75, 3.05) is 7.11 Å². The summed E-state index contributed by atoms with van der Waals surface area (Å²) in [7, 11) is 1.74. The third kappa shape index (κ3) is 2.44. The van der Waals surface area contributed by atoms with Crippen molar-refractivity contribution in [2.45, 2.75) is 27.2 Å². The van der Waals surface area contributed by atoms with Crippen molar-refractivity contribution in [3.63, 3.8) is 0 Å². The first-order valence-electron chi connectivity index (χ1n) is 5.56. The number of rotatable bonds is 1. The predicted molar refractivity (Wildman–Crippen MR) is 69.6 cm³/mol. The van der Waals surface area contributed by atoms with E-state index in [1.807, 2.05) is 0 Å². The average Bonchev–Trinajstić information content (AvgIpc) is 2.26. The second-order valence-corrected chi connectivity index (χ2v) is 8.19. The number of methoxy groups -OCH3 is 1. The van der Waals surface area contributed by atoms with Gasteiger partial charge in [0.05, 0.1) is 0 Å². The monoisotopic (exact) mass is 332 g/mol. The molecule has 0 bridgehead atoms. The van der Waals surface area contributed by atoms with Gasteiger partial charge in [0.2, 0.25) is 0 Å². The van der Waals surface area contributed by atoms with E-state index < -0.39 is 0 Å². The molecule has 86 valence electrons. The molecule has 1 aliphatic rings. The SMILES string of the molecule is COc1ccc2c(c1)[Te]C(C(C)(C)C)=CC2. The molecule has 0 spiro atoms. The molecule has 1 aromatic carbocycles. The molecule has 0 aromatic heterocycles. The van der Waals surface area contributed by atoms with Gasteiger partial charge in [-0.2, -0.15) is 0 Å². The zero-order chi connectivity index (χ0) is 11.8. The Labute approximate surface area is 108 Å². The van der Waals surface area contributed by atoms with E-state index in [9.17, 15) is 0 Å². The summed E-state index contributed by atoms with van der Waals surface area (Å²) in [4.78, 5) is 0. The van der Waals surface area contributed by atoms with Gasteiger partial charge in [0.1, 0.15) is 0 Å². The van der Waals surface area contributed by atoms with E-state index in [1.165, 1.54) is 5.56 Å². The molecule has 0 radical (unpaired) electrons. The first kappa shape index (κ1) is 12.0. The Morgan fingerprint density at radius 2 is 2.00 bits per heavy atom. The van der Waals surface area contributed by atoms with Gasteiger partial charge < -0.3 is 0 Å². The van der Waals surface area contributed by atoms with Gasteiger partial charge in [-0.25, -0.2) is 0 Å². The van der Waals surface area contributed by atoms with Gasteiger partial charge >= 0.3 is 108 Å². The van der Waals surface area contributed by atoms with Crippen LogP contribution in [0.4, 0.5) is 0 Å². The molecule has 1 aromatic rings. The maximum absolute atomic E-state index is 5.30. The van der Waals surface area contributed by atoms with Crippen molar-refractivity contribution in [3.05, 3.63) is 33.5 Å². The second-order valence-electron chi connectivity index (χ2n) is 5.10. The Morgan fingerprint density at radius 3 is 2.62 bits per heavy atom. The summed E-state index contributed by atoms with van der Waals surface area (Å²) in [5.41, 5.74) is 1.83. The van der Waals surface area contributed by atoms with Crippen LogP contribution in [0, 0.1) is 5.41 Å². The Hall–Kier alpha value is -0.450. The molecule has 0 atom stereocenters. The molecule has 1 heterocycles. The van der Waals surface area contributed by atoms with Crippen molar-refractivity contribution in [1.29, 1.82) is 0 Å². The summed E-state index contributed by atoms with van der Waals surface area (Å²) >= 11 is -0.197. The predicted octanol–water partition coefficient (Wildman–Crippen LogP) is 2.51. The molecule has 0 saturated heterocycles. The fourth-order valence-electron chi connectivity index (χ4n) is 1.75. The van der Waals surface area contributed by atoms with Gasteiger partial charge in [0.15, 0.2) is 0 Å². The summed E-state index contributed by atoms with van der Waals surface area (Å²) in [6.45, 7) is 6.94. The number of hydrogen-bond donors (Lipinski definition) is 0. The fourth-order valence-corrected chi connectivity index (χ4v) is 5.08. The van der Waals surface area contributed by atoms with E-state index in [0.29, 0.717) is 5.41 Å². The van der Waals surface area contributed by atoms with Crippen LogP contribution in [0.1, 0.15) is 26.3 Å². The normalized spacial score (nSPS) is 15.4. The van der Waals surface area contributed by atoms with E-state index >= 15 is 0 Å². The van der Waals surface area contributed by atoms with Gasteiger partial charge in [-0.1, -0.05) is 0 Å². The molecule has 0 N–H and O–H groups in total. The fraction of sp³-hybridized carbons (Fsp3) is 0.429. The number of ether oxygens (including phenoxy) is 1. The molecular weight excluding hydrogens is 312 g/mol. The van der Waals surface area contributed by atoms with Crippen molar-refractivity contribution in [3.8, 4) is 5.75 Å². The van der Waals surface area contributed by atoms with Gasteiger partial charge in [-0.15, -0.1) is 0 Å².